The third kappa shape index (κ3) is 3.13. The average Bonchev–Trinajstić information content (AvgIpc) is 2.68. The van der Waals surface area contributed by atoms with Gasteiger partial charge in [0.2, 0.25) is 5.78 Å². The van der Waals surface area contributed by atoms with Crippen LogP contribution in [0.5, 0.6) is 5.75 Å². The molecule has 2 rings (SSSR count). The topological polar surface area (TPSA) is 26.3 Å². The lowest BCUT2D eigenvalue weighted by Gasteiger charge is -2.12. The summed E-state index contributed by atoms with van der Waals surface area (Å²) in [4.78, 5) is 12.5. The van der Waals surface area contributed by atoms with E-state index < -0.39 is 17.9 Å². The van der Waals surface area contributed by atoms with Gasteiger partial charge in [0.1, 0.15) is 5.75 Å². The Hall–Kier alpha value is -1.53. The third-order valence-corrected chi connectivity index (χ3v) is 4.16. The van der Waals surface area contributed by atoms with Gasteiger partial charge in [0.05, 0.1) is 15.5 Å². The van der Waals surface area contributed by atoms with Gasteiger partial charge in [-0.25, -0.2) is 0 Å². The van der Waals surface area contributed by atoms with E-state index in [4.69, 9.17) is 11.6 Å². The average molecular weight is 321 g/mol. The second-order valence-electron chi connectivity index (χ2n) is 3.93. The van der Waals surface area contributed by atoms with E-state index >= 15 is 0 Å². The van der Waals surface area contributed by atoms with Gasteiger partial charge in [0.25, 0.3) is 0 Å². The number of carbonyl (C=O) groups is 1. The quantitative estimate of drug-likeness (QED) is 0.756. The van der Waals surface area contributed by atoms with Gasteiger partial charge in [-0.15, -0.1) is 24.5 Å². The Kier molecular flexibility index (Phi) is 4.06. The molecule has 1 aromatic heterocycles. The van der Waals surface area contributed by atoms with Gasteiger partial charge in [-0.3, -0.25) is 4.79 Å². The predicted octanol–water partition coefficient (Wildman–Crippen LogP) is 4.84. The SMILES string of the molecule is Cc1csc(C(=O)c2ccccc2OC(F)(F)F)c1Cl. The summed E-state index contributed by atoms with van der Waals surface area (Å²) in [5, 5.41) is 1.92. The molecule has 0 fully saturated rings. The molecular weight excluding hydrogens is 313 g/mol. The Labute approximate surface area is 121 Å². The van der Waals surface area contributed by atoms with E-state index in [9.17, 15) is 18.0 Å². The van der Waals surface area contributed by atoms with Gasteiger partial charge in [-0.1, -0.05) is 23.7 Å². The zero-order chi connectivity index (χ0) is 14.9. The number of hydrogen-bond acceptors (Lipinski definition) is 3. The standard InChI is InChI=1S/C13H8ClF3O2S/c1-7-6-20-12(10(7)14)11(18)8-4-2-3-5-9(8)19-13(15,16)17/h2-6H,1H3. The molecular formula is C13H8ClF3O2S. The van der Waals surface area contributed by atoms with Crippen LogP contribution in [0.4, 0.5) is 13.2 Å². The maximum atomic E-state index is 12.3. The molecule has 0 amide bonds. The van der Waals surface area contributed by atoms with Crippen LogP contribution in [-0.2, 0) is 0 Å². The van der Waals surface area contributed by atoms with Crippen LogP contribution in [0.3, 0.4) is 0 Å². The number of carbonyl (C=O) groups excluding carboxylic acids is 1. The summed E-state index contributed by atoms with van der Waals surface area (Å²) in [6.07, 6.45) is -4.86. The molecule has 0 aliphatic carbocycles. The normalized spacial score (nSPS) is 11.4. The lowest BCUT2D eigenvalue weighted by molar-refractivity contribution is -0.274. The van der Waals surface area contributed by atoms with Crippen LogP contribution < -0.4 is 4.74 Å². The fourth-order valence-electron chi connectivity index (χ4n) is 1.57. The predicted molar refractivity (Wildman–Crippen MR) is 70.6 cm³/mol. The lowest BCUT2D eigenvalue weighted by atomic mass is 10.1. The number of benzene rings is 1. The highest BCUT2D eigenvalue weighted by Gasteiger charge is 2.33. The molecule has 0 spiro atoms. The molecule has 0 aliphatic heterocycles. The number of alkyl halides is 3. The number of halogens is 4. The second-order valence-corrected chi connectivity index (χ2v) is 5.19. The van der Waals surface area contributed by atoms with Crippen molar-refractivity contribution in [3.63, 3.8) is 0 Å². The van der Waals surface area contributed by atoms with Crippen molar-refractivity contribution in [3.05, 3.63) is 50.7 Å². The van der Waals surface area contributed by atoms with Crippen molar-refractivity contribution in [2.24, 2.45) is 0 Å². The van der Waals surface area contributed by atoms with Crippen molar-refractivity contribution in [1.82, 2.24) is 0 Å². The minimum atomic E-state index is -4.86. The first-order valence-corrected chi connectivity index (χ1v) is 6.68. The van der Waals surface area contributed by atoms with E-state index in [2.05, 4.69) is 4.74 Å². The molecule has 0 N–H and O–H groups in total. The van der Waals surface area contributed by atoms with E-state index in [1.54, 1.807) is 12.3 Å². The van der Waals surface area contributed by atoms with Gasteiger partial charge in [-0.05, 0) is 30.0 Å². The van der Waals surface area contributed by atoms with Gasteiger partial charge >= 0.3 is 6.36 Å². The monoisotopic (exact) mass is 320 g/mol. The van der Waals surface area contributed by atoms with E-state index in [0.717, 1.165) is 17.4 Å². The molecule has 7 heteroatoms. The van der Waals surface area contributed by atoms with Crippen molar-refractivity contribution >= 4 is 28.7 Å². The first-order valence-electron chi connectivity index (χ1n) is 5.42. The first kappa shape index (κ1) is 14.9. The molecule has 2 nitrogen and oxygen atoms in total. The fourth-order valence-corrected chi connectivity index (χ4v) is 2.81. The van der Waals surface area contributed by atoms with E-state index in [1.807, 2.05) is 0 Å². The molecule has 0 saturated carbocycles. The van der Waals surface area contributed by atoms with Crippen LogP contribution in [-0.4, -0.2) is 12.1 Å². The maximum absolute atomic E-state index is 12.3. The summed E-state index contributed by atoms with van der Waals surface area (Å²) >= 11 is 7.05. The highest BCUT2D eigenvalue weighted by atomic mass is 35.5. The maximum Gasteiger partial charge on any atom is 0.573 e. The van der Waals surface area contributed by atoms with Gasteiger partial charge in [-0.2, -0.15) is 0 Å². The van der Waals surface area contributed by atoms with Gasteiger partial charge < -0.3 is 4.74 Å². The summed E-state index contributed by atoms with van der Waals surface area (Å²) in [6, 6.07) is 5.19. The van der Waals surface area contributed by atoms with Crippen molar-refractivity contribution in [3.8, 4) is 5.75 Å². The molecule has 0 bridgehead atoms. The third-order valence-electron chi connectivity index (χ3n) is 2.46. The molecule has 20 heavy (non-hydrogen) atoms. The molecule has 0 radical (unpaired) electrons. The van der Waals surface area contributed by atoms with Gasteiger partial charge in [0, 0.05) is 0 Å². The van der Waals surface area contributed by atoms with Crippen LogP contribution in [0.2, 0.25) is 5.02 Å². The Morgan fingerprint density at radius 1 is 1.30 bits per heavy atom. The molecule has 2 aromatic rings. The molecule has 1 aromatic carbocycles. The van der Waals surface area contributed by atoms with Crippen molar-refractivity contribution < 1.29 is 22.7 Å². The number of hydrogen-bond donors (Lipinski definition) is 0. The van der Waals surface area contributed by atoms with Crippen molar-refractivity contribution in [2.75, 3.05) is 0 Å². The Bertz CT molecular complexity index is 649. The summed E-state index contributed by atoms with van der Waals surface area (Å²) in [5.41, 5.74) is 0.530. The highest BCUT2D eigenvalue weighted by Crippen LogP contribution is 2.33. The Morgan fingerprint density at radius 3 is 2.50 bits per heavy atom. The number of rotatable bonds is 3. The van der Waals surface area contributed by atoms with Crippen LogP contribution in [0, 0.1) is 6.92 Å². The molecule has 1 heterocycles. The van der Waals surface area contributed by atoms with Gasteiger partial charge in [0.15, 0.2) is 0 Å². The summed E-state index contributed by atoms with van der Waals surface area (Å²) < 4.78 is 40.8. The number of ketones is 1. The van der Waals surface area contributed by atoms with Crippen LogP contribution in [0.1, 0.15) is 20.8 Å². The Balaban J connectivity index is 2.43. The van der Waals surface area contributed by atoms with Crippen molar-refractivity contribution in [2.45, 2.75) is 13.3 Å². The first-order chi connectivity index (χ1) is 9.29. The number of thiophene rings is 1. The van der Waals surface area contributed by atoms with E-state index in [1.165, 1.54) is 18.2 Å². The largest absolute Gasteiger partial charge is 0.573 e. The van der Waals surface area contributed by atoms with E-state index in [-0.39, 0.29) is 15.5 Å². The number of ether oxygens (including phenoxy) is 1. The molecule has 0 unspecified atom stereocenters. The van der Waals surface area contributed by atoms with Crippen LogP contribution in [0.25, 0.3) is 0 Å². The van der Waals surface area contributed by atoms with Crippen molar-refractivity contribution in [1.29, 1.82) is 0 Å². The lowest BCUT2D eigenvalue weighted by Crippen LogP contribution is -2.19. The smallest absolute Gasteiger partial charge is 0.405 e. The summed E-state index contributed by atoms with van der Waals surface area (Å²) in [6.45, 7) is 1.72. The highest BCUT2D eigenvalue weighted by molar-refractivity contribution is 7.13. The molecule has 0 aliphatic rings. The minimum absolute atomic E-state index is 0.173. The van der Waals surface area contributed by atoms with Crippen LogP contribution in [0.15, 0.2) is 29.6 Å². The molecule has 0 atom stereocenters. The Morgan fingerprint density at radius 2 is 1.95 bits per heavy atom. The number of aryl methyl sites for hydroxylation is 1. The summed E-state index contributed by atoms with van der Waals surface area (Å²) in [7, 11) is 0. The van der Waals surface area contributed by atoms with Crippen LogP contribution >= 0.6 is 22.9 Å². The second kappa shape index (κ2) is 5.46. The number of para-hydroxylation sites is 1. The zero-order valence-electron chi connectivity index (χ0n) is 10.1. The molecule has 0 saturated heterocycles. The fraction of sp³-hybridized carbons (Fsp3) is 0.154. The molecule has 106 valence electrons. The zero-order valence-corrected chi connectivity index (χ0v) is 11.7. The summed E-state index contributed by atoms with van der Waals surface area (Å²) in [5.74, 6) is -1.12. The van der Waals surface area contributed by atoms with E-state index in [0.29, 0.717) is 5.56 Å². The minimum Gasteiger partial charge on any atom is -0.405 e.